The number of aromatic nitrogens is 4. The van der Waals surface area contributed by atoms with Gasteiger partial charge in [0, 0.05) is 7.05 Å². The summed E-state index contributed by atoms with van der Waals surface area (Å²) in [5.41, 5.74) is 3.09. The maximum Gasteiger partial charge on any atom is 0.256 e. The molecule has 1 aliphatic carbocycles. The molecule has 0 atom stereocenters. The normalized spacial score (nSPS) is 14.3. The molecule has 6 nitrogen and oxygen atoms in total. The first kappa shape index (κ1) is 13.9. The third-order valence-corrected chi connectivity index (χ3v) is 4.30. The van der Waals surface area contributed by atoms with Gasteiger partial charge in [-0.1, -0.05) is 0 Å². The van der Waals surface area contributed by atoms with Crippen LogP contribution in [0.4, 0.5) is 4.39 Å². The molecule has 0 saturated heterocycles. The number of aromatic amines is 1. The Bertz CT molecular complexity index is 893. The van der Waals surface area contributed by atoms with E-state index in [4.69, 9.17) is 0 Å². The second kappa shape index (κ2) is 5.19. The summed E-state index contributed by atoms with van der Waals surface area (Å²) >= 11 is 0. The molecule has 1 aliphatic rings. The number of nitrogens with zero attached hydrogens (tertiary/aromatic N) is 3. The van der Waals surface area contributed by atoms with E-state index in [-0.39, 0.29) is 5.56 Å². The minimum atomic E-state index is -0.575. The molecule has 0 spiro atoms. The van der Waals surface area contributed by atoms with Gasteiger partial charge in [-0.15, -0.1) is 0 Å². The quantitative estimate of drug-likeness (QED) is 0.775. The van der Waals surface area contributed by atoms with Crippen LogP contribution < -0.4 is 5.32 Å². The predicted molar refractivity (Wildman–Crippen MR) is 82.4 cm³/mol. The molecule has 7 heteroatoms. The van der Waals surface area contributed by atoms with Crippen molar-refractivity contribution in [2.45, 2.75) is 25.3 Å². The molecular weight excluding hydrogens is 297 g/mol. The van der Waals surface area contributed by atoms with Crippen LogP contribution in [0.25, 0.3) is 11.0 Å². The number of rotatable bonds is 4. The van der Waals surface area contributed by atoms with Crippen molar-refractivity contribution in [2.75, 3.05) is 0 Å². The summed E-state index contributed by atoms with van der Waals surface area (Å²) in [7, 11) is 1.85. The van der Waals surface area contributed by atoms with E-state index >= 15 is 0 Å². The van der Waals surface area contributed by atoms with Crippen LogP contribution >= 0.6 is 0 Å². The van der Waals surface area contributed by atoms with Gasteiger partial charge in [0.2, 0.25) is 0 Å². The fourth-order valence-corrected chi connectivity index (χ4v) is 2.88. The van der Waals surface area contributed by atoms with Gasteiger partial charge < -0.3 is 10.3 Å². The average molecular weight is 313 g/mol. The van der Waals surface area contributed by atoms with E-state index in [9.17, 15) is 9.18 Å². The van der Waals surface area contributed by atoms with E-state index < -0.39 is 11.7 Å². The van der Waals surface area contributed by atoms with Crippen LogP contribution in [0.15, 0.2) is 24.7 Å². The summed E-state index contributed by atoms with van der Waals surface area (Å²) in [4.78, 5) is 19.4. The van der Waals surface area contributed by atoms with E-state index in [2.05, 4.69) is 20.4 Å². The maximum absolute atomic E-state index is 14.1. The minimum Gasteiger partial charge on any atom is -0.346 e. The number of hydrogen-bond acceptors (Lipinski definition) is 3. The highest BCUT2D eigenvalue weighted by atomic mass is 19.1. The molecule has 2 aromatic heterocycles. The van der Waals surface area contributed by atoms with E-state index in [1.165, 1.54) is 18.0 Å². The molecule has 1 aromatic carbocycles. The van der Waals surface area contributed by atoms with Crippen molar-refractivity contribution < 1.29 is 9.18 Å². The number of benzene rings is 1. The number of aryl methyl sites for hydroxylation is 1. The number of imidazole rings is 1. The predicted octanol–water partition coefficient (Wildman–Crippen LogP) is 2.24. The third kappa shape index (κ3) is 2.38. The fraction of sp³-hybridized carbons (Fsp3) is 0.312. The van der Waals surface area contributed by atoms with Crippen molar-refractivity contribution in [3.05, 3.63) is 47.3 Å². The second-order valence-electron chi connectivity index (χ2n) is 5.85. The lowest BCUT2D eigenvalue weighted by Crippen LogP contribution is -2.26. The van der Waals surface area contributed by atoms with Crippen LogP contribution in [-0.2, 0) is 13.6 Å². The molecule has 118 valence electrons. The molecular formula is C16H16FN5O. The molecule has 23 heavy (non-hydrogen) atoms. The fourth-order valence-electron chi connectivity index (χ4n) is 2.88. The Morgan fingerprint density at radius 3 is 3.09 bits per heavy atom. The van der Waals surface area contributed by atoms with Crippen molar-refractivity contribution in [3.8, 4) is 0 Å². The number of carbonyl (C=O) groups excluding carboxylic acids is 1. The number of nitrogens with one attached hydrogen (secondary N) is 2. The Kier molecular flexibility index (Phi) is 3.14. The Balaban J connectivity index is 1.59. The summed E-state index contributed by atoms with van der Waals surface area (Å²) in [5, 5.41) is 7.06. The number of H-pyrrole nitrogens is 1. The van der Waals surface area contributed by atoms with E-state index in [0.717, 1.165) is 18.5 Å². The van der Waals surface area contributed by atoms with Gasteiger partial charge in [-0.2, -0.15) is 5.10 Å². The highest BCUT2D eigenvalue weighted by Crippen LogP contribution is 2.41. The zero-order valence-corrected chi connectivity index (χ0v) is 12.6. The largest absolute Gasteiger partial charge is 0.346 e. The maximum atomic E-state index is 14.1. The molecule has 0 aliphatic heterocycles. The minimum absolute atomic E-state index is 0.0288. The molecule has 3 aromatic rings. The zero-order chi connectivity index (χ0) is 16.0. The van der Waals surface area contributed by atoms with Crippen molar-refractivity contribution in [1.29, 1.82) is 0 Å². The summed E-state index contributed by atoms with van der Waals surface area (Å²) in [6.07, 6.45) is 5.63. The molecule has 0 radical (unpaired) electrons. The number of hydrogen-bond donors (Lipinski definition) is 2. The SMILES string of the molecule is Cn1ncc(C2CC2)c1CNC(=O)c1c(F)ccc2[nH]cnc12. The van der Waals surface area contributed by atoms with Gasteiger partial charge in [0.15, 0.2) is 0 Å². The molecule has 4 rings (SSSR count). The van der Waals surface area contributed by atoms with Gasteiger partial charge >= 0.3 is 0 Å². The Hall–Kier alpha value is -2.70. The summed E-state index contributed by atoms with van der Waals surface area (Å²) in [6, 6.07) is 2.84. The molecule has 2 heterocycles. The molecule has 1 fully saturated rings. The van der Waals surface area contributed by atoms with Crippen LogP contribution in [0.3, 0.4) is 0 Å². The Morgan fingerprint density at radius 1 is 1.48 bits per heavy atom. The van der Waals surface area contributed by atoms with Crippen molar-refractivity contribution >= 4 is 16.9 Å². The van der Waals surface area contributed by atoms with Gasteiger partial charge in [-0.3, -0.25) is 9.48 Å². The van der Waals surface area contributed by atoms with Crippen LogP contribution in [-0.4, -0.2) is 25.7 Å². The Morgan fingerprint density at radius 2 is 2.30 bits per heavy atom. The highest BCUT2D eigenvalue weighted by Gasteiger charge is 2.28. The van der Waals surface area contributed by atoms with E-state index in [1.807, 2.05) is 13.2 Å². The summed E-state index contributed by atoms with van der Waals surface area (Å²) in [5.74, 6) is -0.500. The molecule has 1 saturated carbocycles. The van der Waals surface area contributed by atoms with E-state index in [0.29, 0.717) is 23.5 Å². The van der Waals surface area contributed by atoms with E-state index in [1.54, 1.807) is 10.7 Å². The Labute approximate surface area is 131 Å². The first-order chi connectivity index (χ1) is 11.1. The number of halogens is 1. The van der Waals surface area contributed by atoms with Crippen LogP contribution in [0, 0.1) is 5.82 Å². The standard InChI is InChI=1S/C16H16FN5O/c1-22-13(10(6-21-22)9-2-3-9)7-18-16(23)14-11(17)4-5-12-15(14)20-8-19-12/h4-6,8-9H,2-3,7H2,1H3,(H,18,23)(H,19,20). The summed E-state index contributed by atoms with van der Waals surface area (Å²) < 4.78 is 15.8. The highest BCUT2D eigenvalue weighted by molar-refractivity contribution is 6.05. The lowest BCUT2D eigenvalue weighted by Gasteiger charge is -2.09. The van der Waals surface area contributed by atoms with Crippen LogP contribution in [0.5, 0.6) is 0 Å². The van der Waals surface area contributed by atoms with Crippen LogP contribution in [0.1, 0.15) is 40.4 Å². The average Bonchev–Trinajstić information content (AvgIpc) is 3.15. The van der Waals surface area contributed by atoms with Crippen LogP contribution in [0.2, 0.25) is 0 Å². The topological polar surface area (TPSA) is 75.6 Å². The monoisotopic (exact) mass is 313 g/mol. The zero-order valence-electron chi connectivity index (χ0n) is 12.6. The van der Waals surface area contributed by atoms with Gasteiger partial charge in [0.1, 0.15) is 16.9 Å². The van der Waals surface area contributed by atoms with Gasteiger partial charge in [0.25, 0.3) is 5.91 Å². The molecule has 0 unspecified atom stereocenters. The summed E-state index contributed by atoms with van der Waals surface area (Å²) in [6.45, 7) is 0.321. The van der Waals surface area contributed by atoms with Gasteiger partial charge in [-0.25, -0.2) is 9.37 Å². The first-order valence-corrected chi connectivity index (χ1v) is 7.55. The smallest absolute Gasteiger partial charge is 0.256 e. The second-order valence-corrected chi connectivity index (χ2v) is 5.85. The lowest BCUT2D eigenvalue weighted by molar-refractivity contribution is 0.0947. The third-order valence-electron chi connectivity index (χ3n) is 4.30. The lowest BCUT2D eigenvalue weighted by atomic mass is 10.1. The number of amides is 1. The van der Waals surface area contributed by atoms with Gasteiger partial charge in [0.05, 0.1) is 30.3 Å². The molecule has 1 amide bonds. The van der Waals surface area contributed by atoms with Crippen molar-refractivity contribution in [1.82, 2.24) is 25.1 Å². The van der Waals surface area contributed by atoms with Crippen molar-refractivity contribution in [3.63, 3.8) is 0 Å². The molecule has 0 bridgehead atoms. The van der Waals surface area contributed by atoms with Gasteiger partial charge in [-0.05, 0) is 36.5 Å². The number of carbonyl (C=O) groups is 1. The van der Waals surface area contributed by atoms with Crippen molar-refractivity contribution in [2.24, 2.45) is 7.05 Å². The number of fused-ring (bicyclic) bond motifs is 1. The first-order valence-electron chi connectivity index (χ1n) is 7.55. The molecule has 2 N–H and O–H groups in total.